The monoisotopic (exact) mass is 856 g/mol. The summed E-state index contributed by atoms with van der Waals surface area (Å²) in [6, 6.07) is 76.1. The maximum Gasteiger partial charge on any atom is 0.167 e. The quantitative estimate of drug-likeness (QED) is 0.173. The minimum absolute atomic E-state index is 0.0951. The van der Waals surface area contributed by atoms with Crippen molar-refractivity contribution in [2.45, 2.75) is 18.8 Å². The second-order valence-electron chi connectivity index (χ2n) is 17.8. The minimum Gasteiger partial charge on any atom is -0.455 e. The van der Waals surface area contributed by atoms with Gasteiger partial charge in [0.25, 0.3) is 0 Å². The zero-order valence-electron chi connectivity index (χ0n) is 36.4. The van der Waals surface area contributed by atoms with E-state index in [0.717, 1.165) is 84.3 Å². The molecule has 1 unspecified atom stereocenters. The van der Waals surface area contributed by atoms with Crippen LogP contribution in [0, 0.1) is 0 Å². The smallest absolute Gasteiger partial charge is 0.167 e. The van der Waals surface area contributed by atoms with E-state index >= 15 is 0 Å². The van der Waals surface area contributed by atoms with Crippen molar-refractivity contribution in [2.75, 3.05) is 0 Å². The summed E-state index contributed by atoms with van der Waals surface area (Å²) in [5, 5.41) is 9.15. The molecule has 0 N–H and O–H groups in total. The second-order valence-corrected chi connectivity index (χ2v) is 17.8. The molecule has 0 aliphatic heterocycles. The summed E-state index contributed by atoms with van der Waals surface area (Å²) in [5.74, 6) is 1.86. The van der Waals surface area contributed by atoms with Gasteiger partial charge in [0.2, 0.25) is 0 Å². The molecule has 1 atom stereocenters. The molecule has 314 valence electrons. The standard InChI is InChI=1S/C62H40N4O/c1-2-20-43(21-3-1)66-56-30-12-10-25-48(56)50-27-15-29-52(58(50)66)61-63-60(51-28-14-19-38-16-6-7-22-44(38)51)64-62(65-61)55-37-42(36-54-49-26-11-13-31-57(49)67-59(54)55)45-33-32-41-34-39-17-4-5-18-40(39)35-53(41)47-24-9-8-23-46(45)47/h1-31,34-37,45H,32-33H2. The van der Waals surface area contributed by atoms with Crippen LogP contribution in [-0.2, 0) is 6.42 Å². The number of furan rings is 1. The van der Waals surface area contributed by atoms with Crippen molar-refractivity contribution in [3.8, 4) is 51.0 Å². The highest BCUT2D eigenvalue weighted by atomic mass is 16.3. The summed E-state index contributed by atoms with van der Waals surface area (Å²) >= 11 is 0. The third kappa shape index (κ3) is 5.98. The number of fused-ring (bicyclic) bond motifs is 11. The van der Waals surface area contributed by atoms with Gasteiger partial charge < -0.3 is 8.98 Å². The molecule has 14 rings (SSSR count). The van der Waals surface area contributed by atoms with Gasteiger partial charge in [0.05, 0.1) is 16.6 Å². The fourth-order valence-corrected chi connectivity index (χ4v) is 11.0. The first-order valence-electron chi connectivity index (χ1n) is 23.1. The van der Waals surface area contributed by atoms with E-state index in [9.17, 15) is 0 Å². The largest absolute Gasteiger partial charge is 0.455 e. The van der Waals surface area contributed by atoms with E-state index < -0.39 is 0 Å². The Morgan fingerprint density at radius 2 is 1.03 bits per heavy atom. The molecule has 5 heteroatoms. The summed E-state index contributed by atoms with van der Waals surface area (Å²) in [7, 11) is 0. The van der Waals surface area contributed by atoms with E-state index in [1.165, 1.54) is 44.0 Å². The number of hydrogen-bond donors (Lipinski definition) is 0. The van der Waals surface area contributed by atoms with Crippen LogP contribution >= 0.6 is 0 Å². The zero-order valence-corrected chi connectivity index (χ0v) is 36.4. The maximum absolute atomic E-state index is 6.91. The van der Waals surface area contributed by atoms with Crippen LogP contribution in [0.15, 0.2) is 217 Å². The third-order valence-electron chi connectivity index (χ3n) is 14.1. The zero-order chi connectivity index (χ0) is 44.0. The van der Waals surface area contributed by atoms with Crippen LogP contribution in [0.3, 0.4) is 0 Å². The minimum atomic E-state index is 0.0951. The molecule has 3 aromatic heterocycles. The van der Waals surface area contributed by atoms with Crippen molar-refractivity contribution >= 4 is 65.3 Å². The number of nitrogens with zero attached hydrogens (tertiary/aromatic N) is 4. The summed E-state index contributed by atoms with van der Waals surface area (Å²) in [6.45, 7) is 0. The molecule has 0 bridgehead atoms. The van der Waals surface area contributed by atoms with E-state index in [1.807, 2.05) is 6.07 Å². The Morgan fingerprint density at radius 3 is 1.90 bits per heavy atom. The third-order valence-corrected chi connectivity index (χ3v) is 14.1. The molecular weight excluding hydrogens is 817 g/mol. The highest BCUT2D eigenvalue weighted by Gasteiger charge is 2.28. The lowest BCUT2D eigenvalue weighted by atomic mass is 9.84. The van der Waals surface area contributed by atoms with Gasteiger partial charge in [-0.1, -0.05) is 164 Å². The number of para-hydroxylation sites is 4. The predicted octanol–water partition coefficient (Wildman–Crippen LogP) is 15.9. The van der Waals surface area contributed by atoms with Gasteiger partial charge in [0.15, 0.2) is 17.5 Å². The van der Waals surface area contributed by atoms with E-state index in [2.05, 4.69) is 211 Å². The molecule has 5 nitrogen and oxygen atoms in total. The predicted molar refractivity (Wildman–Crippen MR) is 275 cm³/mol. The molecule has 1 aliphatic rings. The fraction of sp³-hybridized carbons (Fsp3) is 0.0484. The average molecular weight is 857 g/mol. The lowest BCUT2D eigenvalue weighted by Gasteiger charge is -2.20. The van der Waals surface area contributed by atoms with Crippen LogP contribution in [0.5, 0.6) is 0 Å². The molecule has 1 aliphatic carbocycles. The number of rotatable bonds is 5. The average Bonchev–Trinajstić information content (AvgIpc) is 3.89. The van der Waals surface area contributed by atoms with Crippen molar-refractivity contribution in [3.63, 3.8) is 0 Å². The molecule has 0 radical (unpaired) electrons. The Hall–Kier alpha value is -8.67. The van der Waals surface area contributed by atoms with Crippen LogP contribution in [0.1, 0.15) is 29.0 Å². The van der Waals surface area contributed by atoms with Crippen LogP contribution in [-0.4, -0.2) is 19.5 Å². The van der Waals surface area contributed by atoms with Gasteiger partial charge in [-0.05, 0) is 111 Å². The molecule has 13 aromatic rings. The molecule has 10 aromatic carbocycles. The highest BCUT2D eigenvalue weighted by Crippen LogP contribution is 2.46. The van der Waals surface area contributed by atoms with Gasteiger partial charge in [-0.3, -0.25) is 0 Å². The van der Waals surface area contributed by atoms with Gasteiger partial charge in [0, 0.05) is 44.3 Å². The van der Waals surface area contributed by atoms with Crippen molar-refractivity contribution in [1.82, 2.24) is 19.5 Å². The summed E-state index contributed by atoms with van der Waals surface area (Å²) in [6.07, 6.45) is 1.89. The van der Waals surface area contributed by atoms with Crippen LogP contribution < -0.4 is 0 Å². The summed E-state index contributed by atoms with van der Waals surface area (Å²) < 4.78 is 9.26. The number of aromatic nitrogens is 4. The van der Waals surface area contributed by atoms with E-state index in [1.54, 1.807) is 0 Å². The van der Waals surface area contributed by atoms with E-state index in [-0.39, 0.29) is 5.92 Å². The Kier molecular flexibility index (Phi) is 8.40. The van der Waals surface area contributed by atoms with E-state index in [4.69, 9.17) is 19.4 Å². The van der Waals surface area contributed by atoms with Gasteiger partial charge >= 0.3 is 0 Å². The summed E-state index contributed by atoms with van der Waals surface area (Å²) in [5.41, 5.74) is 14.0. The number of hydrogen-bond acceptors (Lipinski definition) is 4. The van der Waals surface area contributed by atoms with Gasteiger partial charge in [-0.15, -0.1) is 0 Å². The van der Waals surface area contributed by atoms with Crippen LogP contribution in [0.25, 0.3) is 116 Å². The SMILES string of the molecule is c1ccc(-n2c3ccccc3c3cccc(-c4nc(-c5cccc6ccccc56)nc(-c5cc(C6CCc7cc8ccccc8cc7-c7ccccc76)cc6c5oc5ccccc56)n4)c32)cc1. The Bertz CT molecular complexity index is 4120. The van der Waals surface area contributed by atoms with Crippen molar-refractivity contribution < 1.29 is 4.42 Å². The molecule has 0 saturated heterocycles. The lowest BCUT2D eigenvalue weighted by Crippen LogP contribution is -2.05. The Morgan fingerprint density at radius 1 is 0.418 bits per heavy atom. The van der Waals surface area contributed by atoms with Gasteiger partial charge in [-0.25, -0.2) is 15.0 Å². The molecule has 0 saturated carbocycles. The lowest BCUT2D eigenvalue weighted by molar-refractivity contribution is 0.668. The molecule has 0 spiro atoms. The normalized spacial score (nSPS) is 13.7. The molecule has 3 heterocycles. The maximum atomic E-state index is 6.91. The van der Waals surface area contributed by atoms with Gasteiger partial charge in [0.1, 0.15) is 11.2 Å². The summed E-state index contributed by atoms with van der Waals surface area (Å²) in [4.78, 5) is 16.5. The molecule has 0 amide bonds. The molecular formula is C62H40N4O. The first kappa shape index (κ1) is 37.7. The van der Waals surface area contributed by atoms with Gasteiger partial charge in [-0.2, -0.15) is 0 Å². The van der Waals surface area contributed by atoms with Crippen molar-refractivity contribution in [3.05, 3.63) is 229 Å². The van der Waals surface area contributed by atoms with E-state index in [0.29, 0.717) is 17.5 Å². The second kappa shape index (κ2) is 14.9. The first-order chi connectivity index (χ1) is 33.2. The van der Waals surface area contributed by atoms with Crippen molar-refractivity contribution in [2.24, 2.45) is 0 Å². The van der Waals surface area contributed by atoms with Crippen molar-refractivity contribution in [1.29, 1.82) is 0 Å². The first-order valence-corrected chi connectivity index (χ1v) is 23.1. The highest BCUT2D eigenvalue weighted by molar-refractivity contribution is 6.14. The molecule has 67 heavy (non-hydrogen) atoms. The Labute approximate surface area is 386 Å². The number of benzene rings is 10. The fourth-order valence-electron chi connectivity index (χ4n) is 11.0. The topological polar surface area (TPSA) is 56.7 Å². The number of aryl methyl sites for hydroxylation is 1. The molecule has 0 fully saturated rings. The Balaban J connectivity index is 1.05. The van der Waals surface area contributed by atoms with Crippen LogP contribution in [0.2, 0.25) is 0 Å². The van der Waals surface area contributed by atoms with Crippen LogP contribution in [0.4, 0.5) is 0 Å².